The first-order valence-electron chi connectivity index (χ1n) is 6.42. The lowest BCUT2D eigenvalue weighted by Crippen LogP contribution is -1.97. The van der Waals surface area contributed by atoms with Crippen LogP contribution in [-0.4, -0.2) is 4.98 Å². The van der Waals surface area contributed by atoms with Gasteiger partial charge in [0.15, 0.2) is 0 Å². The topological polar surface area (TPSA) is 22.1 Å². The van der Waals surface area contributed by atoms with Crippen LogP contribution in [0.4, 0.5) is 0 Å². The molecule has 0 fully saturated rings. The number of thiazole rings is 1. The van der Waals surface area contributed by atoms with Crippen LogP contribution in [0.5, 0.6) is 5.75 Å². The molecular formula is C15H19NOS2. The van der Waals surface area contributed by atoms with Gasteiger partial charge in [-0.15, -0.1) is 11.3 Å². The summed E-state index contributed by atoms with van der Waals surface area (Å²) in [4.78, 5) is 5.87. The van der Waals surface area contributed by atoms with Crippen molar-refractivity contribution in [3.8, 4) is 5.75 Å². The van der Waals surface area contributed by atoms with Gasteiger partial charge in [-0.1, -0.05) is 19.1 Å². The van der Waals surface area contributed by atoms with E-state index in [4.69, 9.17) is 4.74 Å². The van der Waals surface area contributed by atoms with Crippen molar-refractivity contribution in [2.45, 2.75) is 39.6 Å². The maximum absolute atomic E-state index is 5.88. The lowest BCUT2D eigenvalue weighted by molar-refractivity contribution is 0.303. The third kappa shape index (κ3) is 3.51. The van der Waals surface area contributed by atoms with E-state index in [0.717, 1.165) is 34.2 Å². The molecule has 2 aromatic rings. The summed E-state index contributed by atoms with van der Waals surface area (Å²) in [6.45, 7) is 6.80. The first-order valence-corrected chi connectivity index (χ1v) is 7.87. The Balaban J connectivity index is 2.10. The van der Waals surface area contributed by atoms with Crippen LogP contribution in [0, 0.1) is 13.8 Å². The van der Waals surface area contributed by atoms with E-state index in [9.17, 15) is 0 Å². The van der Waals surface area contributed by atoms with E-state index in [1.807, 2.05) is 0 Å². The zero-order chi connectivity index (χ0) is 13.8. The van der Waals surface area contributed by atoms with Crippen LogP contribution >= 0.6 is 24.0 Å². The van der Waals surface area contributed by atoms with Crippen molar-refractivity contribution < 1.29 is 4.74 Å². The van der Waals surface area contributed by atoms with Crippen LogP contribution in [-0.2, 0) is 18.8 Å². The molecule has 1 aromatic carbocycles. The van der Waals surface area contributed by atoms with Gasteiger partial charge in [0.05, 0.1) is 5.69 Å². The Bertz CT molecular complexity index is 542. The number of aryl methyl sites for hydroxylation is 3. The fraction of sp³-hybridized carbons (Fsp3) is 0.400. The van der Waals surface area contributed by atoms with Crippen molar-refractivity contribution in [2.75, 3.05) is 0 Å². The number of aromatic nitrogens is 1. The van der Waals surface area contributed by atoms with Crippen LogP contribution in [0.25, 0.3) is 0 Å². The van der Waals surface area contributed by atoms with E-state index in [2.05, 4.69) is 56.6 Å². The maximum Gasteiger partial charge on any atom is 0.140 e. The van der Waals surface area contributed by atoms with Crippen molar-refractivity contribution in [3.05, 3.63) is 44.9 Å². The van der Waals surface area contributed by atoms with Gasteiger partial charge in [-0.05, 0) is 37.5 Å². The summed E-state index contributed by atoms with van der Waals surface area (Å²) in [6.07, 6.45) is 0.954. The molecule has 4 heteroatoms. The quantitative estimate of drug-likeness (QED) is 0.829. The molecule has 0 aliphatic heterocycles. The van der Waals surface area contributed by atoms with E-state index < -0.39 is 0 Å². The zero-order valence-corrected chi connectivity index (χ0v) is 13.3. The van der Waals surface area contributed by atoms with Gasteiger partial charge < -0.3 is 4.74 Å². The van der Waals surface area contributed by atoms with Crippen LogP contribution < -0.4 is 4.74 Å². The Morgan fingerprint density at radius 3 is 2.74 bits per heavy atom. The maximum atomic E-state index is 5.88. The summed E-state index contributed by atoms with van der Waals surface area (Å²) >= 11 is 6.05. The van der Waals surface area contributed by atoms with E-state index in [-0.39, 0.29) is 0 Å². The number of hydrogen-bond donors (Lipinski definition) is 1. The molecule has 0 radical (unpaired) electrons. The molecule has 1 heterocycles. The smallest absolute Gasteiger partial charge is 0.140 e. The second-order valence-electron chi connectivity index (χ2n) is 4.55. The molecule has 2 nitrogen and oxygen atoms in total. The van der Waals surface area contributed by atoms with Crippen molar-refractivity contribution in [1.29, 1.82) is 0 Å². The van der Waals surface area contributed by atoms with E-state index in [1.165, 1.54) is 10.4 Å². The van der Waals surface area contributed by atoms with Gasteiger partial charge in [-0.25, -0.2) is 4.98 Å². The van der Waals surface area contributed by atoms with Crippen LogP contribution in [0.3, 0.4) is 0 Å². The highest BCUT2D eigenvalue weighted by Gasteiger charge is 2.09. The Labute approximate surface area is 124 Å². The predicted octanol–water partition coefficient (Wildman–Crippen LogP) is 4.33. The zero-order valence-electron chi connectivity index (χ0n) is 11.6. The third-order valence-electron chi connectivity index (χ3n) is 3.00. The predicted molar refractivity (Wildman–Crippen MR) is 84.4 cm³/mol. The minimum absolute atomic E-state index is 0.537. The van der Waals surface area contributed by atoms with E-state index >= 15 is 0 Å². The molecule has 0 aliphatic carbocycles. The normalized spacial score (nSPS) is 10.7. The highest BCUT2D eigenvalue weighted by Crippen LogP contribution is 2.24. The van der Waals surface area contributed by atoms with Crippen molar-refractivity contribution >= 4 is 24.0 Å². The summed E-state index contributed by atoms with van der Waals surface area (Å²) in [5.41, 5.74) is 3.52. The van der Waals surface area contributed by atoms with Gasteiger partial charge in [-0.3, -0.25) is 0 Å². The SMILES string of the molecule is CCc1nc(COc2cc(C)ccc2C)sc1CS. The van der Waals surface area contributed by atoms with Gasteiger partial charge in [0.2, 0.25) is 0 Å². The molecule has 0 saturated carbocycles. The van der Waals surface area contributed by atoms with Gasteiger partial charge in [0.1, 0.15) is 17.4 Å². The van der Waals surface area contributed by atoms with Gasteiger partial charge >= 0.3 is 0 Å². The van der Waals surface area contributed by atoms with Crippen LogP contribution in [0.2, 0.25) is 0 Å². The summed E-state index contributed by atoms with van der Waals surface area (Å²) in [5, 5.41) is 1.03. The first-order chi connectivity index (χ1) is 9.13. The van der Waals surface area contributed by atoms with Gasteiger partial charge in [0, 0.05) is 10.6 Å². The Kier molecular flexibility index (Phi) is 4.88. The van der Waals surface area contributed by atoms with Crippen LogP contribution in [0.15, 0.2) is 18.2 Å². The van der Waals surface area contributed by atoms with Crippen LogP contribution in [0.1, 0.15) is 33.6 Å². The average Bonchev–Trinajstić information content (AvgIpc) is 2.82. The summed E-state index contributed by atoms with van der Waals surface area (Å²) in [7, 11) is 0. The monoisotopic (exact) mass is 293 g/mol. The van der Waals surface area contributed by atoms with E-state index in [0.29, 0.717) is 6.61 Å². The van der Waals surface area contributed by atoms with Crippen molar-refractivity contribution in [2.24, 2.45) is 0 Å². The second-order valence-corrected chi connectivity index (χ2v) is 6.03. The van der Waals surface area contributed by atoms with E-state index in [1.54, 1.807) is 11.3 Å². The van der Waals surface area contributed by atoms with Gasteiger partial charge in [-0.2, -0.15) is 12.6 Å². The molecule has 0 N–H and O–H groups in total. The molecule has 0 spiro atoms. The summed E-state index contributed by atoms with van der Waals surface area (Å²) in [6, 6.07) is 6.26. The lowest BCUT2D eigenvalue weighted by Gasteiger charge is -2.08. The Morgan fingerprint density at radius 1 is 1.32 bits per heavy atom. The molecule has 0 saturated heterocycles. The average molecular weight is 293 g/mol. The standard InChI is InChI=1S/C15H19NOS2/c1-4-12-14(9-18)19-15(16-12)8-17-13-7-10(2)5-6-11(13)3/h5-7,18H,4,8-9H2,1-3H3. The van der Waals surface area contributed by atoms with Crippen molar-refractivity contribution in [3.63, 3.8) is 0 Å². The number of nitrogens with zero attached hydrogens (tertiary/aromatic N) is 1. The molecule has 0 unspecified atom stereocenters. The summed E-state index contributed by atoms with van der Waals surface area (Å²) in [5.74, 6) is 1.70. The van der Waals surface area contributed by atoms with Gasteiger partial charge in [0.25, 0.3) is 0 Å². The number of rotatable bonds is 5. The van der Waals surface area contributed by atoms with Crippen molar-refractivity contribution in [1.82, 2.24) is 4.98 Å². The highest BCUT2D eigenvalue weighted by atomic mass is 32.1. The fourth-order valence-corrected chi connectivity index (χ4v) is 3.21. The molecule has 2 rings (SSSR count). The number of ether oxygens (including phenoxy) is 1. The molecule has 0 bridgehead atoms. The molecule has 19 heavy (non-hydrogen) atoms. The summed E-state index contributed by atoms with van der Waals surface area (Å²) < 4.78 is 5.88. The second kappa shape index (κ2) is 6.44. The molecular weight excluding hydrogens is 274 g/mol. The number of thiol groups is 1. The minimum Gasteiger partial charge on any atom is -0.486 e. The minimum atomic E-state index is 0.537. The molecule has 1 aromatic heterocycles. The third-order valence-corrected chi connectivity index (χ3v) is 4.60. The molecule has 0 aliphatic rings. The lowest BCUT2D eigenvalue weighted by atomic mass is 10.1. The highest BCUT2D eigenvalue weighted by molar-refractivity contribution is 7.79. The fourth-order valence-electron chi connectivity index (χ4n) is 1.90. The molecule has 0 amide bonds. The Morgan fingerprint density at radius 2 is 2.11 bits per heavy atom. The largest absolute Gasteiger partial charge is 0.486 e. The molecule has 102 valence electrons. The Hall–Kier alpha value is -1.00. The molecule has 0 atom stereocenters. The number of benzene rings is 1. The number of hydrogen-bond acceptors (Lipinski definition) is 4. The first kappa shape index (κ1) is 14.4.